The zero-order valence-corrected chi connectivity index (χ0v) is 35.5. The van der Waals surface area contributed by atoms with Crippen LogP contribution in [-0.4, -0.2) is 62.9 Å². The number of hydrogen-bond acceptors (Lipinski definition) is 5. The molecule has 1 unspecified atom stereocenters. The highest BCUT2D eigenvalue weighted by molar-refractivity contribution is 5.81. The zero-order valence-electron chi connectivity index (χ0n) is 35.5. The molecule has 3 atom stereocenters. The van der Waals surface area contributed by atoms with Crippen LogP contribution in [0.3, 0.4) is 0 Å². The monoisotopic (exact) mass is 746 g/mol. The molecule has 1 saturated heterocycles. The average molecular weight is 746 g/mol. The van der Waals surface area contributed by atoms with Crippen molar-refractivity contribution in [3.8, 4) is 0 Å². The molecule has 312 valence electrons. The number of amides is 1. The second kappa shape index (κ2) is 39.0. The molecule has 0 saturated carbocycles. The van der Waals surface area contributed by atoms with Crippen LogP contribution in [0.5, 0.6) is 0 Å². The van der Waals surface area contributed by atoms with Gasteiger partial charge in [-0.25, -0.2) is 0 Å². The average Bonchev–Trinajstić information content (AvgIpc) is 3.58. The Morgan fingerprint density at radius 2 is 0.887 bits per heavy atom. The van der Waals surface area contributed by atoms with Crippen LogP contribution in [0.1, 0.15) is 206 Å². The number of carbonyl (C=O) groups excluding carboxylic acids is 1. The van der Waals surface area contributed by atoms with E-state index in [1.54, 1.807) is 0 Å². The maximum atomic E-state index is 13.1. The van der Waals surface area contributed by atoms with E-state index in [1.807, 2.05) is 4.90 Å². The Morgan fingerprint density at radius 3 is 1.25 bits per heavy atom. The summed E-state index contributed by atoms with van der Waals surface area (Å²) in [4.78, 5) is 15.1. The fourth-order valence-corrected chi connectivity index (χ4v) is 7.56. The van der Waals surface area contributed by atoms with E-state index in [9.17, 15) is 4.79 Å². The van der Waals surface area contributed by atoms with Gasteiger partial charge in [-0.05, 0) is 83.6 Å². The van der Waals surface area contributed by atoms with Crippen LogP contribution < -0.4 is 11.5 Å². The number of rotatable bonds is 40. The van der Waals surface area contributed by atoms with E-state index in [2.05, 4.69) is 38.2 Å². The van der Waals surface area contributed by atoms with Gasteiger partial charge in [0.2, 0.25) is 5.91 Å². The number of unbranched alkanes of at least 4 members (excludes halogenated alkanes) is 24. The molecule has 1 fully saturated rings. The highest BCUT2D eigenvalue weighted by Gasteiger charge is 2.36. The van der Waals surface area contributed by atoms with Gasteiger partial charge in [0.05, 0.1) is 19.3 Å². The Morgan fingerprint density at radius 1 is 0.547 bits per heavy atom. The van der Waals surface area contributed by atoms with E-state index in [1.165, 1.54) is 167 Å². The first kappa shape index (κ1) is 49.8. The Kier molecular flexibility index (Phi) is 36.7. The largest absolute Gasteiger partial charge is 0.381 e. The van der Waals surface area contributed by atoms with Gasteiger partial charge >= 0.3 is 0 Å². The number of allylic oxidation sites excluding steroid dienone is 4. The van der Waals surface area contributed by atoms with Gasteiger partial charge in [0, 0.05) is 38.1 Å². The lowest BCUT2D eigenvalue weighted by atomic mass is 9.98. The molecule has 0 radical (unpaired) electrons. The lowest BCUT2D eigenvalue weighted by molar-refractivity contribution is -0.132. The summed E-state index contributed by atoms with van der Waals surface area (Å²) in [5, 5.41) is 0. The second-order valence-electron chi connectivity index (χ2n) is 16.3. The molecule has 0 aromatic rings. The van der Waals surface area contributed by atoms with Crippen LogP contribution in [0, 0.1) is 11.8 Å². The molecular weight excluding hydrogens is 655 g/mol. The summed E-state index contributed by atoms with van der Waals surface area (Å²) in [6.07, 6.45) is 47.9. The van der Waals surface area contributed by atoms with Crippen LogP contribution in [0.4, 0.5) is 0 Å². The van der Waals surface area contributed by atoms with Gasteiger partial charge in [-0.1, -0.05) is 154 Å². The molecule has 0 spiro atoms. The third kappa shape index (κ3) is 30.7. The number of ether oxygens (including phenoxy) is 2. The molecule has 1 aliphatic heterocycles. The molecule has 0 bridgehead atoms. The van der Waals surface area contributed by atoms with E-state index in [0.717, 1.165) is 45.6 Å². The third-order valence-corrected chi connectivity index (χ3v) is 11.2. The fourth-order valence-electron chi connectivity index (χ4n) is 7.56. The normalized spacial score (nSPS) is 16.9. The molecule has 4 N–H and O–H groups in total. The quantitative estimate of drug-likeness (QED) is 0.0481. The van der Waals surface area contributed by atoms with Crippen molar-refractivity contribution in [3.63, 3.8) is 0 Å². The molecule has 1 heterocycles. The Bertz CT molecular complexity index is 780. The van der Waals surface area contributed by atoms with Gasteiger partial charge in [0.1, 0.15) is 0 Å². The zero-order chi connectivity index (χ0) is 38.3. The van der Waals surface area contributed by atoms with Crippen molar-refractivity contribution in [3.05, 3.63) is 24.3 Å². The molecule has 1 amide bonds. The number of nitrogens with two attached hydrogens (primary N) is 2. The van der Waals surface area contributed by atoms with Crippen LogP contribution >= 0.6 is 0 Å². The van der Waals surface area contributed by atoms with E-state index in [0.29, 0.717) is 38.0 Å². The molecule has 0 aliphatic carbocycles. The molecule has 1 aliphatic rings. The lowest BCUT2D eigenvalue weighted by Gasteiger charge is -2.21. The number of likely N-dealkylation sites (tertiary alicyclic amines) is 1. The topological polar surface area (TPSA) is 90.8 Å². The molecule has 6 heteroatoms. The van der Waals surface area contributed by atoms with Gasteiger partial charge in [-0.15, -0.1) is 0 Å². The Balaban J connectivity index is 2.16. The highest BCUT2D eigenvalue weighted by Crippen LogP contribution is 2.26. The van der Waals surface area contributed by atoms with Crippen molar-refractivity contribution in [2.75, 3.05) is 46.1 Å². The summed E-state index contributed by atoms with van der Waals surface area (Å²) in [6.45, 7) is 9.62. The first-order chi connectivity index (χ1) is 26.1. The van der Waals surface area contributed by atoms with Crippen molar-refractivity contribution in [1.82, 2.24) is 4.90 Å². The summed E-state index contributed by atoms with van der Waals surface area (Å²) in [6, 6.07) is -0.456. The fraction of sp³-hybridized carbons (Fsp3) is 0.894. The maximum Gasteiger partial charge on any atom is 0.239 e. The predicted octanol–water partition coefficient (Wildman–Crippen LogP) is 12.2. The summed E-state index contributed by atoms with van der Waals surface area (Å²) >= 11 is 0. The van der Waals surface area contributed by atoms with Crippen molar-refractivity contribution in [2.24, 2.45) is 23.3 Å². The first-order valence-corrected chi connectivity index (χ1v) is 23.3. The van der Waals surface area contributed by atoms with E-state index in [4.69, 9.17) is 20.9 Å². The summed E-state index contributed by atoms with van der Waals surface area (Å²) in [7, 11) is 0. The second-order valence-corrected chi connectivity index (χ2v) is 16.3. The molecule has 0 aromatic heterocycles. The molecular formula is C47H91N3O3. The van der Waals surface area contributed by atoms with Crippen molar-refractivity contribution in [2.45, 2.75) is 213 Å². The Hall–Kier alpha value is -1.21. The van der Waals surface area contributed by atoms with Crippen LogP contribution in [0.2, 0.25) is 0 Å². The number of nitrogens with zero attached hydrogens (tertiary/aromatic N) is 1. The minimum atomic E-state index is -0.456. The van der Waals surface area contributed by atoms with Gasteiger partial charge in [0.25, 0.3) is 0 Å². The molecule has 6 nitrogen and oxygen atoms in total. The van der Waals surface area contributed by atoms with E-state index < -0.39 is 6.04 Å². The van der Waals surface area contributed by atoms with Crippen LogP contribution in [-0.2, 0) is 14.3 Å². The maximum absolute atomic E-state index is 13.1. The standard InChI is InChI=1S/C47H91N3O3/c1-3-5-7-9-11-13-15-17-19-21-23-25-27-29-31-33-38-52-42-44-40-50(47(51)46(49)36-35-37-48)41-45(44)43-53-39-34-32-30-28-26-24-22-20-18-16-14-12-10-8-6-4-2/h17-20,44-46H,3-16,21-43,48-49H2,1-2H3/t44-,45?,46-/m0/s1. The number of carbonyl (C=O) groups is 1. The van der Waals surface area contributed by atoms with Crippen molar-refractivity contribution >= 4 is 5.91 Å². The molecule has 0 aromatic carbocycles. The SMILES string of the molecule is CCCCCCCCC=CCCCCCCCCOCC1CN(C(=O)[C@@H](N)CCCN)C[C@H]1COCCCCCCCCC=CCCCCCCCC. The minimum absolute atomic E-state index is 0.0625. The van der Waals surface area contributed by atoms with Gasteiger partial charge < -0.3 is 25.8 Å². The third-order valence-electron chi connectivity index (χ3n) is 11.2. The van der Waals surface area contributed by atoms with Crippen LogP contribution in [0.25, 0.3) is 0 Å². The van der Waals surface area contributed by atoms with Gasteiger partial charge in [-0.2, -0.15) is 0 Å². The van der Waals surface area contributed by atoms with Gasteiger partial charge in [-0.3, -0.25) is 4.79 Å². The van der Waals surface area contributed by atoms with E-state index in [-0.39, 0.29) is 5.91 Å². The summed E-state index contributed by atoms with van der Waals surface area (Å²) in [5.74, 6) is 0.691. The molecule has 53 heavy (non-hydrogen) atoms. The van der Waals surface area contributed by atoms with Crippen LogP contribution in [0.15, 0.2) is 24.3 Å². The van der Waals surface area contributed by atoms with E-state index >= 15 is 0 Å². The first-order valence-electron chi connectivity index (χ1n) is 23.3. The predicted molar refractivity (Wildman–Crippen MR) is 230 cm³/mol. The smallest absolute Gasteiger partial charge is 0.239 e. The minimum Gasteiger partial charge on any atom is -0.381 e. The Labute approximate surface area is 330 Å². The lowest BCUT2D eigenvalue weighted by Crippen LogP contribution is -2.43. The summed E-state index contributed by atoms with van der Waals surface area (Å²) < 4.78 is 12.4. The highest BCUT2D eigenvalue weighted by atomic mass is 16.5. The van der Waals surface area contributed by atoms with Crippen molar-refractivity contribution in [1.29, 1.82) is 0 Å². The summed E-state index contributed by atoms with van der Waals surface area (Å²) in [5.41, 5.74) is 11.9. The number of hydrogen-bond donors (Lipinski definition) is 2. The molecule has 1 rings (SSSR count). The van der Waals surface area contributed by atoms with Crippen molar-refractivity contribution < 1.29 is 14.3 Å². The van der Waals surface area contributed by atoms with Gasteiger partial charge in [0.15, 0.2) is 0 Å².